The first-order valence-corrected chi connectivity index (χ1v) is 6.96. The van der Waals surface area contributed by atoms with Gasteiger partial charge in [-0.05, 0) is 40.5 Å². The van der Waals surface area contributed by atoms with Crippen molar-refractivity contribution in [3.05, 3.63) is 45.7 Å². The largest absolute Gasteiger partial charge is 0.326 e. The zero-order valence-corrected chi connectivity index (χ0v) is 12.7. The maximum absolute atomic E-state index is 11.8. The molecule has 19 heavy (non-hydrogen) atoms. The van der Waals surface area contributed by atoms with Crippen LogP contribution in [-0.4, -0.2) is 15.7 Å². The fourth-order valence-corrected chi connectivity index (χ4v) is 2.13. The molecule has 0 saturated heterocycles. The highest BCUT2D eigenvalue weighted by Gasteiger charge is 2.07. The standard InChI is InChI=1S/C13H13BrClN3O/c1-9-11(15)3-2-4-12(9)17-13(19)5-6-18-8-10(14)7-16-18/h2-4,7-8H,5-6H2,1H3,(H,17,19). The van der Waals surface area contributed by atoms with Gasteiger partial charge in [-0.3, -0.25) is 9.48 Å². The van der Waals surface area contributed by atoms with Crippen LogP contribution in [0.5, 0.6) is 0 Å². The molecule has 1 aromatic carbocycles. The van der Waals surface area contributed by atoms with Gasteiger partial charge in [-0.15, -0.1) is 0 Å². The second kappa shape index (κ2) is 6.21. The van der Waals surface area contributed by atoms with Gasteiger partial charge in [-0.2, -0.15) is 5.10 Å². The van der Waals surface area contributed by atoms with Gasteiger partial charge in [-0.1, -0.05) is 17.7 Å². The van der Waals surface area contributed by atoms with Crippen molar-refractivity contribution in [1.82, 2.24) is 9.78 Å². The van der Waals surface area contributed by atoms with Crippen LogP contribution >= 0.6 is 27.5 Å². The van der Waals surface area contributed by atoms with Crippen molar-refractivity contribution in [2.24, 2.45) is 0 Å². The molecule has 0 unspecified atom stereocenters. The number of rotatable bonds is 4. The Kier molecular flexibility index (Phi) is 4.61. The van der Waals surface area contributed by atoms with Crippen LogP contribution in [0.3, 0.4) is 0 Å². The monoisotopic (exact) mass is 341 g/mol. The molecule has 0 aliphatic heterocycles. The van der Waals surface area contributed by atoms with Crippen molar-refractivity contribution in [3.8, 4) is 0 Å². The average molecular weight is 343 g/mol. The number of nitrogens with one attached hydrogen (secondary N) is 1. The van der Waals surface area contributed by atoms with Gasteiger partial charge < -0.3 is 5.32 Å². The number of hydrogen-bond acceptors (Lipinski definition) is 2. The van der Waals surface area contributed by atoms with Crippen molar-refractivity contribution in [2.45, 2.75) is 19.9 Å². The molecule has 100 valence electrons. The quantitative estimate of drug-likeness (QED) is 0.922. The second-order valence-electron chi connectivity index (χ2n) is 4.13. The first-order valence-electron chi connectivity index (χ1n) is 5.79. The Morgan fingerprint density at radius 3 is 3.00 bits per heavy atom. The number of amides is 1. The predicted octanol–water partition coefficient (Wildman–Crippen LogP) is 3.64. The Morgan fingerprint density at radius 2 is 2.32 bits per heavy atom. The molecule has 2 rings (SSSR count). The summed E-state index contributed by atoms with van der Waals surface area (Å²) in [6.45, 7) is 2.42. The third-order valence-electron chi connectivity index (χ3n) is 2.71. The molecule has 0 atom stereocenters. The second-order valence-corrected chi connectivity index (χ2v) is 5.46. The maximum atomic E-state index is 11.8. The first kappa shape index (κ1) is 14.1. The molecule has 1 heterocycles. The van der Waals surface area contributed by atoms with E-state index in [9.17, 15) is 4.79 Å². The molecule has 0 saturated carbocycles. The van der Waals surface area contributed by atoms with Crippen LogP contribution in [0.25, 0.3) is 0 Å². The van der Waals surface area contributed by atoms with Crippen molar-refractivity contribution in [3.63, 3.8) is 0 Å². The van der Waals surface area contributed by atoms with E-state index >= 15 is 0 Å². The molecule has 2 aromatic rings. The molecule has 0 radical (unpaired) electrons. The highest BCUT2D eigenvalue weighted by Crippen LogP contribution is 2.22. The van der Waals surface area contributed by atoms with Crippen LogP contribution in [-0.2, 0) is 11.3 Å². The summed E-state index contributed by atoms with van der Waals surface area (Å²) >= 11 is 9.31. The molecular weight excluding hydrogens is 330 g/mol. The molecule has 0 fully saturated rings. The normalized spacial score (nSPS) is 10.5. The average Bonchev–Trinajstić information content (AvgIpc) is 2.78. The van der Waals surface area contributed by atoms with E-state index in [1.165, 1.54) is 0 Å². The van der Waals surface area contributed by atoms with Crippen molar-refractivity contribution < 1.29 is 4.79 Å². The zero-order chi connectivity index (χ0) is 13.8. The van der Waals surface area contributed by atoms with Crippen molar-refractivity contribution in [2.75, 3.05) is 5.32 Å². The van der Waals surface area contributed by atoms with Crippen LogP contribution in [0.15, 0.2) is 35.1 Å². The molecule has 0 bridgehead atoms. The number of aryl methyl sites for hydroxylation is 1. The Hall–Kier alpha value is -1.33. The molecule has 0 spiro atoms. The molecule has 0 aliphatic carbocycles. The number of halogens is 2. The number of benzene rings is 1. The zero-order valence-electron chi connectivity index (χ0n) is 10.4. The number of anilines is 1. The van der Waals surface area contributed by atoms with Crippen LogP contribution in [0.2, 0.25) is 5.02 Å². The third-order valence-corrected chi connectivity index (χ3v) is 3.53. The smallest absolute Gasteiger partial charge is 0.226 e. The van der Waals surface area contributed by atoms with Gasteiger partial charge in [0.15, 0.2) is 0 Å². The fourth-order valence-electron chi connectivity index (χ4n) is 1.63. The number of hydrogen-bond donors (Lipinski definition) is 1. The Balaban J connectivity index is 1.92. The predicted molar refractivity (Wildman–Crippen MR) is 79.4 cm³/mol. The van der Waals surface area contributed by atoms with Crippen LogP contribution in [0.4, 0.5) is 5.69 Å². The van der Waals surface area contributed by atoms with Gasteiger partial charge in [-0.25, -0.2) is 0 Å². The lowest BCUT2D eigenvalue weighted by Crippen LogP contribution is -2.15. The molecule has 4 nitrogen and oxygen atoms in total. The van der Waals surface area contributed by atoms with Crippen LogP contribution in [0.1, 0.15) is 12.0 Å². The molecule has 1 aromatic heterocycles. The summed E-state index contributed by atoms with van der Waals surface area (Å²) < 4.78 is 2.62. The van der Waals surface area contributed by atoms with E-state index in [4.69, 9.17) is 11.6 Å². The van der Waals surface area contributed by atoms with Gasteiger partial charge in [0.1, 0.15) is 0 Å². The summed E-state index contributed by atoms with van der Waals surface area (Å²) in [7, 11) is 0. The fraction of sp³-hybridized carbons (Fsp3) is 0.231. The number of nitrogens with zero attached hydrogens (tertiary/aromatic N) is 2. The number of aromatic nitrogens is 2. The van der Waals surface area contributed by atoms with Crippen molar-refractivity contribution >= 4 is 39.1 Å². The lowest BCUT2D eigenvalue weighted by atomic mass is 10.2. The molecular formula is C13H13BrClN3O. The summed E-state index contributed by atoms with van der Waals surface area (Å²) in [5.41, 5.74) is 1.62. The molecule has 6 heteroatoms. The van der Waals surface area contributed by atoms with Gasteiger partial charge in [0.2, 0.25) is 5.91 Å². The van der Waals surface area contributed by atoms with Crippen molar-refractivity contribution in [1.29, 1.82) is 0 Å². The summed E-state index contributed by atoms with van der Waals surface area (Å²) in [6, 6.07) is 5.45. The SMILES string of the molecule is Cc1c(Cl)cccc1NC(=O)CCn1cc(Br)cn1. The lowest BCUT2D eigenvalue weighted by Gasteiger charge is -2.09. The van der Waals surface area contributed by atoms with E-state index in [-0.39, 0.29) is 5.91 Å². The maximum Gasteiger partial charge on any atom is 0.226 e. The number of carbonyl (C=O) groups excluding carboxylic acids is 1. The van der Waals surface area contributed by atoms with E-state index in [0.717, 1.165) is 15.7 Å². The van der Waals surface area contributed by atoms with E-state index in [1.54, 1.807) is 16.9 Å². The Bertz CT molecular complexity index is 597. The molecule has 0 aliphatic rings. The summed E-state index contributed by atoms with van der Waals surface area (Å²) in [5.74, 6) is -0.0583. The Morgan fingerprint density at radius 1 is 1.53 bits per heavy atom. The van der Waals surface area contributed by atoms with Crippen LogP contribution < -0.4 is 5.32 Å². The lowest BCUT2D eigenvalue weighted by molar-refractivity contribution is -0.116. The van der Waals surface area contributed by atoms with Gasteiger partial charge in [0.25, 0.3) is 0 Å². The summed E-state index contributed by atoms with van der Waals surface area (Å²) in [6.07, 6.45) is 3.89. The van der Waals surface area contributed by atoms with E-state index in [2.05, 4.69) is 26.3 Å². The van der Waals surface area contributed by atoms with E-state index < -0.39 is 0 Å². The van der Waals surface area contributed by atoms with Crippen LogP contribution in [0, 0.1) is 6.92 Å². The minimum Gasteiger partial charge on any atom is -0.326 e. The minimum atomic E-state index is -0.0583. The summed E-state index contributed by atoms with van der Waals surface area (Å²) in [4.78, 5) is 11.8. The third kappa shape index (κ3) is 3.81. The highest BCUT2D eigenvalue weighted by molar-refractivity contribution is 9.10. The molecule has 1 amide bonds. The number of carbonyl (C=O) groups is 1. The summed E-state index contributed by atoms with van der Waals surface area (Å²) in [5, 5.41) is 7.59. The van der Waals surface area contributed by atoms with E-state index in [1.807, 2.05) is 25.3 Å². The van der Waals surface area contributed by atoms with E-state index in [0.29, 0.717) is 18.0 Å². The minimum absolute atomic E-state index is 0.0583. The first-order chi connectivity index (χ1) is 9.06. The Labute approximate surface area is 124 Å². The van der Waals surface area contributed by atoms with Gasteiger partial charge >= 0.3 is 0 Å². The van der Waals surface area contributed by atoms with Gasteiger partial charge in [0, 0.05) is 29.9 Å². The highest BCUT2D eigenvalue weighted by atomic mass is 79.9. The molecule has 1 N–H and O–H groups in total. The topological polar surface area (TPSA) is 46.9 Å². The van der Waals surface area contributed by atoms with Gasteiger partial charge in [0.05, 0.1) is 10.7 Å².